The lowest BCUT2D eigenvalue weighted by Crippen LogP contribution is -2.22. The van der Waals surface area contributed by atoms with E-state index in [0.29, 0.717) is 11.4 Å². The molecule has 1 N–H and O–H groups in total. The van der Waals surface area contributed by atoms with E-state index in [1.54, 1.807) is 6.07 Å². The molecular weight excluding hydrogens is 261 g/mol. The Morgan fingerprint density at radius 1 is 1.10 bits per heavy atom. The first-order valence-corrected chi connectivity index (χ1v) is 7.43. The molecule has 0 radical (unpaired) electrons. The topological polar surface area (TPSA) is 15.8 Å². The largest absolute Gasteiger partial charge is 0.359 e. The number of halogens is 1. The summed E-state index contributed by atoms with van der Waals surface area (Å²) in [7, 11) is 0. The van der Waals surface area contributed by atoms with E-state index in [9.17, 15) is 4.39 Å². The molecule has 1 heterocycles. The summed E-state index contributed by atoms with van der Waals surface area (Å²) < 4.78 is 13.9. The molecule has 0 spiro atoms. The van der Waals surface area contributed by atoms with Crippen LogP contribution in [0.5, 0.6) is 0 Å². The van der Waals surface area contributed by atoms with Gasteiger partial charge in [-0.25, -0.2) is 4.39 Å². The van der Waals surface area contributed by atoms with E-state index in [4.69, 9.17) is 0 Å². The zero-order valence-corrected chi connectivity index (χ0v) is 12.3. The van der Waals surface area contributed by atoms with Gasteiger partial charge in [-0.15, -0.1) is 0 Å². The highest BCUT2D eigenvalue weighted by Gasteiger charge is 2.40. The molecule has 0 amide bonds. The summed E-state index contributed by atoms with van der Waals surface area (Å²) in [5.74, 6) is 0.206. The molecule has 106 valence electrons. The van der Waals surface area contributed by atoms with Gasteiger partial charge < -0.3 is 4.98 Å². The summed E-state index contributed by atoms with van der Waals surface area (Å²) in [6.45, 7) is 4.59. The molecule has 2 heteroatoms. The van der Waals surface area contributed by atoms with Crippen molar-refractivity contribution in [1.82, 2.24) is 4.98 Å². The van der Waals surface area contributed by atoms with Crippen molar-refractivity contribution in [1.29, 1.82) is 0 Å². The van der Waals surface area contributed by atoms with E-state index in [0.717, 1.165) is 11.8 Å². The average molecular weight is 279 g/mol. The average Bonchev–Trinajstić information content (AvgIpc) is 3.00. The Kier molecular flexibility index (Phi) is 2.53. The minimum Gasteiger partial charge on any atom is -0.359 e. The van der Waals surface area contributed by atoms with Crippen LogP contribution in [0.1, 0.15) is 36.5 Å². The van der Waals surface area contributed by atoms with Crippen LogP contribution in [-0.4, -0.2) is 4.98 Å². The lowest BCUT2D eigenvalue weighted by molar-refractivity contribution is 0.450. The Labute approximate surface area is 123 Å². The number of fused-ring (bicyclic) bond motifs is 2. The lowest BCUT2D eigenvalue weighted by atomic mass is 9.75. The number of hydrogen-bond acceptors (Lipinski definition) is 0. The number of benzene rings is 2. The molecular formula is C19H18FN. The Balaban J connectivity index is 1.90. The van der Waals surface area contributed by atoms with Gasteiger partial charge in [-0.3, -0.25) is 0 Å². The Bertz CT molecular complexity index is 828. The van der Waals surface area contributed by atoms with Crippen molar-refractivity contribution >= 4 is 10.9 Å². The van der Waals surface area contributed by atoms with E-state index in [2.05, 4.69) is 43.1 Å². The van der Waals surface area contributed by atoms with E-state index >= 15 is 0 Å². The van der Waals surface area contributed by atoms with Gasteiger partial charge in [0.15, 0.2) is 0 Å². The summed E-state index contributed by atoms with van der Waals surface area (Å²) in [5, 5.41) is 1.01. The lowest BCUT2D eigenvalue weighted by Gasteiger charge is -2.28. The molecule has 1 aliphatic carbocycles. The van der Waals surface area contributed by atoms with Crippen molar-refractivity contribution in [3.8, 4) is 0 Å². The number of H-pyrrole nitrogens is 1. The Morgan fingerprint density at radius 2 is 1.90 bits per heavy atom. The van der Waals surface area contributed by atoms with Crippen LogP contribution in [0.25, 0.3) is 10.9 Å². The van der Waals surface area contributed by atoms with Crippen molar-refractivity contribution in [3.63, 3.8) is 0 Å². The van der Waals surface area contributed by atoms with Gasteiger partial charge in [-0.1, -0.05) is 50.2 Å². The Morgan fingerprint density at radius 3 is 2.71 bits per heavy atom. The molecule has 1 nitrogen and oxygen atoms in total. The van der Waals surface area contributed by atoms with Crippen LogP contribution in [0.15, 0.2) is 48.7 Å². The van der Waals surface area contributed by atoms with Crippen LogP contribution in [0.4, 0.5) is 4.39 Å². The summed E-state index contributed by atoms with van der Waals surface area (Å²) in [5.41, 5.74) is 4.75. The fraction of sp³-hybridized carbons (Fsp3) is 0.263. The molecule has 1 aliphatic rings. The van der Waals surface area contributed by atoms with Crippen molar-refractivity contribution in [2.75, 3.05) is 0 Å². The minimum atomic E-state index is -0.174. The van der Waals surface area contributed by atoms with Crippen molar-refractivity contribution in [2.24, 2.45) is 0 Å². The second-order valence-electron chi connectivity index (χ2n) is 6.54. The molecule has 0 fully saturated rings. The molecule has 3 aromatic rings. The second kappa shape index (κ2) is 4.20. The Hall–Kier alpha value is -2.09. The van der Waals surface area contributed by atoms with Gasteiger partial charge in [0.05, 0.1) is 5.52 Å². The van der Waals surface area contributed by atoms with E-state index in [-0.39, 0.29) is 11.2 Å². The maximum absolute atomic E-state index is 13.9. The number of hydrogen-bond donors (Lipinski definition) is 1. The maximum Gasteiger partial charge on any atom is 0.147 e. The standard InChI is InChI=1S/C19H18FN/c1-19(2)15-8-4-3-6-12(15)10-16(19)14-11-21-18-13(14)7-5-9-17(18)20/h3-9,11,16,21H,10H2,1-2H3. The van der Waals surface area contributed by atoms with Crippen LogP contribution >= 0.6 is 0 Å². The molecule has 4 rings (SSSR count). The fourth-order valence-corrected chi connectivity index (χ4v) is 3.92. The molecule has 2 aromatic carbocycles. The summed E-state index contributed by atoms with van der Waals surface area (Å²) in [6, 6.07) is 14.0. The number of aromatic amines is 1. The summed E-state index contributed by atoms with van der Waals surface area (Å²) >= 11 is 0. The predicted molar refractivity (Wildman–Crippen MR) is 84.2 cm³/mol. The molecule has 0 aliphatic heterocycles. The normalized spacial score (nSPS) is 19.9. The van der Waals surface area contributed by atoms with Crippen molar-refractivity contribution < 1.29 is 4.39 Å². The monoisotopic (exact) mass is 279 g/mol. The first-order valence-electron chi connectivity index (χ1n) is 7.43. The SMILES string of the molecule is CC1(C)c2ccccc2CC1c1c[nH]c2c(F)cccc12. The second-order valence-corrected chi connectivity index (χ2v) is 6.54. The number of para-hydroxylation sites is 1. The van der Waals surface area contributed by atoms with Gasteiger partial charge in [0.2, 0.25) is 0 Å². The van der Waals surface area contributed by atoms with Crippen molar-refractivity contribution in [3.05, 3.63) is 71.2 Å². The molecule has 21 heavy (non-hydrogen) atoms. The number of rotatable bonds is 1. The van der Waals surface area contributed by atoms with Crippen LogP contribution in [-0.2, 0) is 11.8 Å². The highest BCUT2D eigenvalue weighted by Crippen LogP contribution is 2.49. The highest BCUT2D eigenvalue weighted by molar-refractivity contribution is 5.84. The quantitative estimate of drug-likeness (QED) is 0.650. The van der Waals surface area contributed by atoms with Gasteiger partial charge in [-0.05, 0) is 40.5 Å². The molecule has 0 saturated heterocycles. The van der Waals surface area contributed by atoms with Crippen LogP contribution in [0.3, 0.4) is 0 Å². The van der Waals surface area contributed by atoms with Crippen LogP contribution in [0, 0.1) is 5.82 Å². The maximum atomic E-state index is 13.9. The van der Waals surface area contributed by atoms with E-state index in [1.807, 2.05) is 12.3 Å². The van der Waals surface area contributed by atoms with Crippen LogP contribution in [0.2, 0.25) is 0 Å². The van der Waals surface area contributed by atoms with Gasteiger partial charge >= 0.3 is 0 Å². The molecule has 1 unspecified atom stereocenters. The number of aromatic nitrogens is 1. The predicted octanol–water partition coefficient (Wildman–Crippen LogP) is 4.92. The number of nitrogens with one attached hydrogen (secondary N) is 1. The third-order valence-corrected chi connectivity index (χ3v) is 5.08. The third kappa shape index (κ3) is 1.68. The van der Waals surface area contributed by atoms with Gasteiger partial charge in [-0.2, -0.15) is 0 Å². The van der Waals surface area contributed by atoms with Gasteiger partial charge in [0, 0.05) is 11.6 Å². The van der Waals surface area contributed by atoms with Crippen LogP contribution < -0.4 is 0 Å². The first-order chi connectivity index (χ1) is 10.1. The van der Waals surface area contributed by atoms with Crippen molar-refractivity contribution in [2.45, 2.75) is 31.6 Å². The zero-order chi connectivity index (χ0) is 14.6. The van der Waals surface area contributed by atoms with E-state index < -0.39 is 0 Å². The molecule has 1 atom stereocenters. The minimum absolute atomic E-state index is 0.0675. The molecule has 0 saturated carbocycles. The molecule has 1 aromatic heterocycles. The summed E-state index contributed by atoms with van der Waals surface area (Å²) in [4.78, 5) is 3.12. The first kappa shape index (κ1) is 12.6. The summed E-state index contributed by atoms with van der Waals surface area (Å²) in [6.07, 6.45) is 3.01. The van der Waals surface area contributed by atoms with Gasteiger partial charge in [0.1, 0.15) is 5.82 Å². The zero-order valence-electron chi connectivity index (χ0n) is 12.3. The molecule has 0 bridgehead atoms. The highest BCUT2D eigenvalue weighted by atomic mass is 19.1. The third-order valence-electron chi connectivity index (χ3n) is 5.08. The fourth-order valence-electron chi connectivity index (χ4n) is 3.92. The smallest absolute Gasteiger partial charge is 0.147 e. The van der Waals surface area contributed by atoms with Gasteiger partial charge in [0.25, 0.3) is 0 Å². The van der Waals surface area contributed by atoms with E-state index in [1.165, 1.54) is 22.8 Å².